The Hall–Kier alpha value is -8.10. The fourth-order valence-electron chi connectivity index (χ4n) is 7.85. The Morgan fingerprint density at radius 2 is 1.45 bits per heavy atom. The summed E-state index contributed by atoms with van der Waals surface area (Å²) in [5, 5.41) is 16.1. The highest BCUT2D eigenvalue weighted by atomic mass is 16.5. The number of nitrogens with one attached hydrogen (secondary N) is 2. The number of imidazole rings is 1. The van der Waals surface area contributed by atoms with E-state index in [4.69, 9.17) is 35.9 Å². The number of nitrogens with zero attached hydrogens (tertiary/aromatic N) is 9. The fraction of sp³-hybridized carbons (Fsp3) is 0.348. The van der Waals surface area contributed by atoms with Crippen molar-refractivity contribution >= 4 is 68.5 Å². The lowest BCUT2D eigenvalue weighted by Crippen LogP contribution is -2.25. The quantitative estimate of drug-likeness (QED) is 0.0437. The summed E-state index contributed by atoms with van der Waals surface area (Å²) in [5.74, 6) is -1.02. The second-order valence-corrected chi connectivity index (χ2v) is 15.6. The number of carbonyl (C=O) groups excluding carboxylic acids is 5. The van der Waals surface area contributed by atoms with Crippen LogP contribution in [-0.2, 0) is 40.5 Å². The average Bonchev–Trinajstić information content (AvgIpc) is 4.07. The Bertz CT molecular complexity index is 3070. The first kappa shape index (κ1) is 46.9. The Labute approximate surface area is 384 Å². The third-order valence-corrected chi connectivity index (χ3v) is 11.0. The van der Waals surface area contributed by atoms with Gasteiger partial charge in [0.1, 0.15) is 34.1 Å². The summed E-state index contributed by atoms with van der Waals surface area (Å²) < 4.78 is 23.9. The Kier molecular flexibility index (Phi) is 14.3. The largest absolute Gasteiger partial charge is 0.494 e. The SMILES string of the molecule is CCn1nc(C)cc1C(=O)Nc1nc2cc(C(N)=O)cc(OC)c2n1C/C=C/Cn1c2nc(-c3cc(C)nn3CC)ncc2c2cc(C(N)=O)cc(OCCCNC(=O)CCCC(=O)OC)c21. The van der Waals surface area contributed by atoms with Crippen LogP contribution in [0.2, 0.25) is 0 Å². The van der Waals surface area contributed by atoms with Crippen molar-refractivity contribution in [3.8, 4) is 23.0 Å². The van der Waals surface area contributed by atoms with Gasteiger partial charge in [0, 0.05) is 73.7 Å². The number of allylic oxidation sites excluding steroid dienone is 2. The van der Waals surface area contributed by atoms with E-state index < -0.39 is 17.7 Å². The van der Waals surface area contributed by atoms with E-state index in [9.17, 15) is 24.0 Å². The minimum atomic E-state index is -0.669. The van der Waals surface area contributed by atoms with Gasteiger partial charge < -0.3 is 40.1 Å². The number of amides is 4. The molecule has 0 aliphatic heterocycles. The molecule has 0 unspecified atom stereocenters. The molecule has 0 atom stereocenters. The molecule has 4 amide bonds. The van der Waals surface area contributed by atoms with Crippen molar-refractivity contribution in [1.82, 2.24) is 49.0 Å². The van der Waals surface area contributed by atoms with Gasteiger partial charge in [0.05, 0.1) is 43.2 Å². The summed E-state index contributed by atoms with van der Waals surface area (Å²) in [4.78, 5) is 77.2. The summed E-state index contributed by atoms with van der Waals surface area (Å²) in [6.07, 6.45) is 6.63. The van der Waals surface area contributed by atoms with Gasteiger partial charge in [0.15, 0.2) is 5.82 Å². The van der Waals surface area contributed by atoms with Crippen molar-refractivity contribution in [2.24, 2.45) is 11.5 Å². The minimum Gasteiger partial charge on any atom is -0.494 e. The predicted molar refractivity (Wildman–Crippen MR) is 249 cm³/mol. The first-order valence-electron chi connectivity index (χ1n) is 21.8. The molecule has 67 heavy (non-hydrogen) atoms. The Morgan fingerprint density at radius 3 is 2.15 bits per heavy atom. The molecule has 5 heterocycles. The van der Waals surface area contributed by atoms with Gasteiger partial charge in [-0.15, -0.1) is 0 Å². The number of aromatic nitrogens is 9. The van der Waals surface area contributed by atoms with Gasteiger partial charge in [-0.3, -0.25) is 38.7 Å². The van der Waals surface area contributed by atoms with Crippen LogP contribution in [0.25, 0.3) is 44.5 Å². The molecule has 0 radical (unpaired) electrons. The van der Waals surface area contributed by atoms with Crippen LogP contribution < -0.4 is 31.6 Å². The van der Waals surface area contributed by atoms with Gasteiger partial charge in [0.25, 0.3) is 5.91 Å². The predicted octanol–water partition coefficient (Wildman–Crippen LogP) is 4.59. The van der Waals surface area contributed by atoms with Gasteiger partial charge in [-0.1, -0.05) is 12.2 Å². The maximum atomic E-state index is 13.7. The molecule has 0 spiro atoms. The molecule has 0 saturated heterocycles. The van der Waals surface area contributed by atoms with Crippen LogP contribution in [0, 0.1) is 13.8 Å². The number of benzene rings is 2. The number of rotatable bonds is 21. The smallest absolute Gasteiger partial charge is 0.305 e. The minimum absolute atomic E-state index is 0.149. The number of hydrogen-bond acceptors (Lipinski definition) is 13. The standard InChI is InChI=1S/C46H53N13O8/c1-7-58-33(19-26(3)54-58)43-50-25-31-30-21-28(41(47)62)24-36(67-18-12-15-49-37(60)13-11-14-38(61)66-6)39(30)56(44(31)52-43)16-9-10-17-57-40-32(22-29(42(48)63)23-35(40)65-5)51-46(57)53-45(64)34-20-27(4)55-59(34)8-2/h9-10,19-25H,7-8,11-18H2,1-6H3,(H2,47,62)(H2,48,63)(H,49,60)(H,51,53,64)/b10-9+. The molecular weight excluding hydrogens is 863 g/mol. The number of carbonyl (C=O) groups is 5. The second kappa shape index (κ2) is 20.4. The zero-order valence-corrected chi connectivity index (χ0v) is 38.2. The average molecular weight is 916 g/mol. The number of anilines is 1. The summed E-state index contributed by atoms with van der Waals surface area (Å²) in [6.45, 7) is 9.53. The normalized spacial score (nSPS) is 11.5. The zero-order valence-electron chi connectivity index (χ0n) is 38.2. The van der Waals surface area contributed by atoms with Crippen LogP contribution >= 0.6 is 0 Å². The number of nitrogens with two attached hydrogens (primary N) is 2. The second-order valence-electron chi connectivity index (χ2n) is 15.6. The van der Waals surface area contributed by atoms with Gasteiger partial charge in [-0.2, -0.15) is 10.2 Å². The van der Waals surface area contributed by atoms with Crippen molar-refractivity contribution in [2.75, 3.05) is 32.7 Å². The Balaban J connectivity index is 1.26. The molecule has 21 nitrogen and oxygen atoms in total. The topological polar surface area (TPSA) is 273 Å². The summed E-state index contributed by atoms with van der Waals surface area (Å²) in [5.41, 5.74) is 16.5. The lowest BCUT2D eigenvalue weighted by Gasteiger charge is -2.13. The molecule has 21 heteroatoms. The fourth-order valence-corrected chi connectivity index (χ4v) is 7.85. The maximum absolute atomic E-state index is 13.7. The molecule has 0 aliphatic rings. The van der Waals surface area contributed by atoms with Gasteiger partial charge in [-0.05, 0) is 76.9 Å². The third kappa shape index (κ3) is 10.1. The lowest BCUT2D eigenvalue weighted by molar-refractivity contribution is -0.140. The monoisotopic (exact) mass is 915 g/mol. The van der Waals surface area contributed by atoms with Gasteiger partial charge in [0.2, 0.25) is 23.7 Å². The van der Waals surface area contributed by atoms with Gasteiger partial charge >= 0.3 is 5.97 Å². The first-order chi connectivity index (χ1) is 32.2. The zero-order chi connectivity index (χ0) is 47.9. The molecule has 0 bridgehead atoms. The number of primary amides is 2. The van der Waals surface area contributed by atoms with E-state index in [1.807, 2.05) is 48.2 Å². The highest BCUT2D eigenvalue weighted by Crippen LogP contribution is 2.37. The number of esters is 1. The number of hydrogen-bond donors (Lipinski definition) is 4. The molecule has 7 aromatic rings. The first-order valence-corrected chi connectivity index (χ1v) is 21.8. The molecule has 0 fully saturated rings. The van der Waals surface area contributed by atoms with E-state index in [0.29, 0.717) is 94.2 Å². The van der Waals surface area contributed by atoms with E-state index in [-0.39, 0.29) is 61.5 Å². The summed E-state index contributed by atoms with van der Waals surface area (Å²) >= 11 is 0. The Morgan fingerprint density at radius 1 is 0.761 bits per heavy atom. The summed E-state index contributed by atoms with van der Waals surface area (Å²) in [7, 11) is 2.77. The molecule has 0 saturated carbocycles. The van der Waals surface area contributed by atoms with Crippen molar-refractivity contribution in [3.05, 3.63) is 83.0 Å². The molecule has 2 aromatic carbocycles. The van der Waals surface area contributed by atoms with E-state index in [2.05, 4.69) is 25.6 Å². The van der Waals surface area contributed by atoms with E-state index in [1.54, 1.807) is 46.6 Å². The molecule has 350 valence electrons. The number of methoxy groups -OCH3 is 2. The lowest BCUT2D eigenvalue weighted by atomic mass is 10.1. The van der Waals surface area contributed by atoms with Crippen LogP contribution in [0.3, 0.4) is 0 Å². The van der Waals surface area contributed by atoms with Crippen molar-refractivity contribution in [1.29, 1.82) is 0 Å². The van der Waals surface area contributed by atoms with Crippen molar-refractivity contribution in [2.45, 2.75) is 79.6 Å². The third-order valence-electron chi connectivity index (χ3n) is 11.0. The maximum Gasteiger partial charge on any atom is 0.305 e. The number of aryl methyl sites for hydroxylation is 4. The van der Waals surface area contributed by atoms with E-state index >= 15 is 0 Å². The highest BCUT2D eigenvalue weighted by molar-refractivity contribution is 6.12. The molecule has 6 N–H and O–H groups in total. The van der Waals surface area contributed by atoms with Crippen LogP contribution in [0.1, 0.15) is 82.1 Å². The van der Waals surface area contributed by atoms with Gasteiger partial charge in [-0.25, -0.2) is 15.0 Å². The van der Waals surface area contributed by atoms with E-state index in [0.717, 1.165) is 11.4 Å². The summed E-state index contributed by atoms with van der Waals surface area (Å²) in [6, 6.07) is 9.95. The van der Waals surface area contributed by atoms with Crippen LogP contribution in [0.4, 0.5) is 5.95 Å². The number of ether oxygens (including phenoxy) is 3. The van der Waals surface area contributed by atoms with Crippen LogP contribution in [0.15, 0.2) is 54.7 Å². The molecular formula is C46H53N13O8. The molecule has 0 aliphatic carbocycles. The van der Waals surface area contributed by atoms with E-state index in [1.165, 1.54) is 20.3 Å². The number of fused-ring (bicyclic) bond motifs is 4. The van der Waals surface area contributed by atoms with Crippen LogP contribution in [0.5, 0.6) is 11.5 Å². The van der Waals surface area contributed by atoms with Crippen LogP contribution in [-0.4, -0.2) is 101 Å². The van der Waals surface area contributed by atoms with Crippen molar-refractivity contribution in [3.63, 3.8) is 0 Å². The molecule has 5 aromatic heterocycles. The molecule has 7 rings (SSSR count). The highest BCUT2D eigenvalue weighted by Gasteiger charge is 2.23. The van der Waals surface area contributed by atoms with Crippen molar-refractivity contribution < 1.29 is 38.2 Å².